The zero-order valence-electron chi connectivity index (χ0n) is 21.3. The van der Waals surface area contributed by atoms with E-state index in [-0.39, 0.29) is 12.5 Å². The quantitative estimate of drug-likeness (QED) is 0.297. The number of halogens is 1. The number of piperazine rings is 1. The van der Waals surface area contributed by atoms with Gasteiger partial charge in [-0.2, -0.15) is 5.10 Å². The number of ether oxygens (including phenoxy) is 1. The molecule has 1 amide bonds. The Hall–Kier alpha value is -4.43. The highest BCUT2D eigenvalue weighted by Crippen LogP contribution is 2.27. The molecular formula is C30H27ClN6O2. The summed E-state index contributed by atoms with van der Waals surface area (Å²) in [5.41, 5.74) is 2.86. The van der Waals surface area contributed by atoms with Gasteiger partial charge in [0.25, 0.3) is 5.91 Å². The third-order valence-electron chi connectivity index (χ3n) is 6.77. The summed E-state index contributed by atoms with van der Waals surface area (Å²) in [7, 11) is 0. The molecule has 1 fully saturated rings. The first kappa shape index (κ1) is 24.9. The molecule has 0 spiro atoms. The number of benzene rings is 3. The second-order valence-corrected chi connectivity index (χ2v) is 9.80. The lowest BCUT2D eigenvalue weighted by Gasteiger charge is -2.35. The van der Waals surface area contributed by atoms with Crippen molar-refractivity contribution in [1.29, 1.82) is 0 Å². The van der Waals surface area contributed by atoms with Crippen molar-refractivity contribution < 1.29 is 9.53 Å². The maximum Gasteiger partial charge on any atom is 0.260 e. The van der Waals surface area contributed by atoms with Crippen molar-refractivity contribution in [2.24, 2.45) is 0 Å². The minimum Gasteiger partial charge on any atom is -0.484 e. The number of para-hydroxylation sites is 1. The van der Waals surface area contributed by atoms with Crippen molar-refractivity contribution in [2.45, 2.75) is 6.42 Å². The number of anilines is 1. The van der Waals surface area contributed by atoms with Crippen LogP contribution in [0.4, 0.5) is 5.82 Å². The van der Waals surface area contributed by atoms with Gasteiger partial charge in [-0.1, -0.05) is 60.1 Å². The van der Waals surface area contributed by atoms with Gasteiger partial charge in [-0.25, -0.2) is 14.6 Å². The first-order valence-corrected chi connectivity index (χ1v) is 13.3. The van der Waals surface area contributed by atoms with Gasteiger partial charge in [-0.3, -0.25) is 4.79 Å². The Morgan fingerprint density at radius 1 is 0.846 bits per heavy atom. The number of amides is 1. The van der Waals surface area contributed by atoms with Crippen molar-refractivity contribution in [3.63, 3.8) is 0 Å². The summed E-state index contributed by atoms with van der Waals surface area (Å²) in [6.45, 7) is 2.45. The average molecular weight is 539 g/mol. The maximum atomic E-state index is 12.8. The Balaban J connectivity index is 1.23. The minimum atomic E-state index is -0.0425. The van der Waals surface area contributed by atoms with Crippen molar-refractivity contribution >= 4 is 34.4 Å². The second-order valence-electron chi connectivity index (χ2n) is 9.37. The number of hydrogen-bond donors (Lipinski definition) is 0. The predicted octanol–water partition coefficient (Wildman–Crippen LogP) is 4.79. The van der Waals surface area contributed by atoms with E-state index in [1.165, 1.54) is 0 Å². The van der Waals surface area contributed by atoms with Gasteiger partial charge in [0, 0.05) is 37.6 Å². The van der Waals surface area contributed by atoms with Crippen LogP contribution in [0, 0.1) is 0 Å². The summed E-state index contributed by atoms with van der Waals surface area (Å²) < 4.78 is 7.53. The van der Waals surface area contributed by atoms with Crippen LogP contribution in [-0.2, 0) is 11.2 Å². The van der Waals surface area contributed by atoms with Crippen LogP contribution in [0.3, 0.4) is 0 Å². The normalized spacial score (nSPS) is 13.6. The predicted molar refractivity (Wildman–Crippen MR) is 152 cm³/mol. The van der Waals surface area contributed by atoms with Gasteiger partial charge >= 0.3 is 0 Å². The third kappa shape index (κ3) is 5.56. The Morgan fingerprint density at radius 2 is 1.54 bits per heavy atom. The molecule has 2 aromatic heterocycles. The average Bonchev–Trinajstić information content (AvgIpc) is 3.41. The molecule has 6 rings (SSSR count). The molecule has 196 valence electrons. The fraction of sp³-hybridized carbons (Fsp3) is 0.200. The molecule has 0 unspecified atom stereocenters. The molecule has 0 aliphatic carbocycles. The molecule has 3 heterocycles. The van der Waals surface area contributed by atoms with Gasteiger partial charge < -0.3 is 14.5 Å². The van der Waals surface area contributed by atoms with E-state index in [9.17, 15) is 4.79 Å². The fourth-order valence-corrected chi connectivity index (χ4v) is 4.85. The Kier molecular flexibility index (Phi) is 7.10. The Labute approximate surface area is 231 Å². The highest BCUT2D eigenvalue weighted by molar-refractivity contribution is 6.30. The highest BCUT2D eigenvalue weighted by atomic mass is 35.5. The van der Waals surface area contributed by atoms with Gasteiger partial charge in [0.1, 0.15) is 17.4 Å². The van der Waals surface area contributed by atoms with Gasteiger partial charge in [0.15, 0.2) is 12.3 Å². The van der Waals surface area contributed by atoms with Crippen LogP contribution < -0.4 is 9.64 Å². The third-order valence-corrected chi connectivity index (χ3v) is 7.02. The monoisotopic (exact) mass is 538 g/mol. The van der Waals surface area contributed by atoms with E-state index in [1.807, 2.05) is 64.3 Å². The standard InChI is InChI=1S/C30H27ClN6O2/c31-23-11-13-25(14-12-23)39-21-28(38)35-15-17-36(18-16-35)29-26-20-32-37(24-9-5-2-6-10-24)30(26)34-27(33-29)19-22-7-3-1-4-8-22/h1-14,20H,15-19,21H2. The zero-order valence-corrected chi connectivity index (χ0v) is 22.0. The van der Waals surface area contributed by atoms with Gasteiger partial charge in [-0.15, -0.1) is 0 Å². The van der Waals surface area contributed by atoms with E-state index in [4.69, 9.17) is 26.3 Å². The second kappa shape index (κ2) is 11.1. The smallest absolute Gasteiger partial charge is 0.260 e. The molecule has 0 atom stereocenters. The van der Waals surface area contributed by atoms with Gasteiger partial charge in [-0.05, 0) is 42.0 Å². The van der Waals surface area contributed by atoms with Crippen LogP contribution in [0.2, 0.25) is 5.02 Å². The molecule has 0 radical (unpaired) electrons. The number of rotatable bonds is 7. The minimum absolute atomic E-state index is 0.00947. The number of hydrogen-bond acceptors (Lipinski definition) is 6. The summed E-state index contributed by atoms with van der Waals surface area (Å²) in [5.74, 6) is 2.16. The first-order valence-electron chi connectivity index (χ1n) is 12.9. The van der Waals surface area contributed by atoms with Crippen LogP contribution in [-0.4, -0.2) is 63.3 Å². The lowest BCUT2D eigenvalue weighted by Crippen LogP contribution is -2.50. The van der Waals surface area contributed by atoms with E-state index in [0.29, 0.717) is 43.4 Å². The van der Waals surface area contributed by atoms with Crippen LogP contribution in [0.25, 0.3) is 16.7 Å². The summed E-state index contributed by atoms with van der Waals surface area (Å²) >= 11 is 5.93. The first-order chi connectivity index (χ1) is 19.1. The van der Waals surface area contributed by atoms with E-state index >= 15 is 0 Å². The van der Waals surface area contributed by atoms with E-state index in [0.717, 1.165) is 33.9 Å². The summed E-state index contributed by atoms with van der Waals surface area (Å²) in [5, 5.41) is 6.19. The molecule has 8 nitrogen and oxygen atoms in total. The lowest BCUT2D eigenvalue weighted by molar-refractivity contribution is -0.133. The van der Waals surface area contributed by atoms with Crippen LogP contribution in [0.1, 0.15) is 11.4 Å². The Morgan fingerprint density at radius 3 is 2.26 bits per heavy atom. The molecule has 39 heavy (non-hydrogen) atoms. The van der Waals surface area contributed by atoms with E-state index in [1.54, 1.807) is 24.3 Å². The van der Waals surface area contributed by atoms with Gasteiger partial charge in [0.2, 0.25) is 0 Å². The summed E-state index contributed by atoms with van der Waals surface area (Å²) in [6, 6.07) is 27.2. The highest BCUT2D eigenvalue weighted by Gasteiger charge is 2.25. The van der Waals surface area contributed by atoms with Crippen molar-refractivity contribution in [3.05, 3.63) is 108 Å². The zero-order chi connectivity index (χ0) is 26.6. The van der Waals surface area contributed by atoms with Gasteiger partial charge in [0.05, 0.1) is 17.3 Å². The Bertz CT molecular complexity index is 1570. The van der Waals surface area contributed by atoms with Crippen LogP contribution in [0.5, 0.6) is 5.75 Å². The molecule has 1 aliphatic rings. The molecular weight excluding hydrogens is 512 g/mol. The summed E-state index contributed by atoms with van der Waals surface area (Å²) in [6.07, 6.45) is 2.45. The SMILES string of the molecule is O=C(COc1ccc(Cl)cc1)N1CCN(c2nc(Cc3ccccc3)nc3c2cnn3-c2ccccc2)CC1. The molecule has 1 saturated heterocycles. The molecule has 0 bridgehead atoms. The molecule has 0 saturated carbocycles. The van der Waals surface area contributed by atoms with Crippen LogP contribution in [0.15, 0.2) is 91.1 Å². The molecule has 0 N–H and O–H groups in total. The summed E-state index contributed by atoms with van der Waals surface area (Å²) in [4.78, 5) is 26.8. The number of nitrogens with zero attached hydrogens (tertiary/aromatic N) is 6. The molecule has 5 aromatic rings. The topological polar surface area (TPSA) is 76.4 Å². The number of fused-ring (bicyclic) bond motifs is 1. The largest absolute Gasteiger partial charge is 0.484 e. The van der Waals surface area contributed by atoms with Crippen molar-refractivity contribution in [3.8, 4) is 11.4 Å². The van der Waals surface area contributed by atoms with Crippen LogP contribution >= 0.6 is 11.6 Å². The van der Waals surface area contributed by atoms with E-state index < -0.39 is 0 Å². The van der Waals surface area contributed by atoms with Crippen molar-refractivity contribution in [2.75, 3.05) is 37.7 Å². The van der Waals surface area contributed by atoms with Crippen molar-refractivity contribution in [1.82, 2.24) is 24.6 Å². The lowest BCUT2D eigenvalue weighted by atomic mass is 10.1. The number of carbonyl (C=O) groups is 1. The fourth-order valence-electron chi connectivity index (χ4n) is 4.73. The maximum absolute atomic E-state index is 12.8. The number of aromatic nitrogens is 4. The molecule has 1 aliphatic heterocycles. The molecule has 3 aromatic carbocycles. The molecule has 9 heteroatoms. The number of carbonyl (C=O) groups excluding carboxylic acids is 1. The van der Waals surface area contributed by atoms with E-state index in [2.05, 4.69) is 22.1 Å².